The lowest BCUT2D eigenvalue weighted by Gasteiger charge is -2.12. The summed E-state index contributed by atoms with van der Waals surface area (Å²) in [6.07, 6.45) is 1.87. The molecule has 280 valence electrons. The van der Waals surface area contributed by atoms with Gasteiger partial charge in [0.25, 0.3) is 0 Å². The van der Waals surface area contributed by atoms with E-state index in [1.165, 1.54) is 0 Å². The van der Waals surface area contributed by atoms with Gasteiger partial charge in [0.1, 0.15) is 22.3 Å². The summed E-state index contributed by atoms with van der Waals surface area (Å²) in [4.78, 5) is 14.8. The van der Waals surface area contributed by atoms with Crippen LogP contribution in [-0.4, -0.2) is 15.0 Å². The third-order valence-corrected chi connectivity index (χ3v) is 11.6. The summed E-state index contributed by atoms with van der Waals surface area (Å²) < 4.78 is 13.0. The summed E-state index contributed by atoms with van der Waals surface area (Å²) in [5.41, 5.74) is 15.6. The molecule has 0 radical (unpaired) electrons. The van der Waals surface area contributed by atoms with Crippen molar-refractivity contribution >= 4 is 54.8 Å². The molecule has 0 saturated carbocycles. The molecule has 0 bridgehead atoms. The lowest BCUT2D eigenvalue weighted by molar-refractivity contribution is 0.668. The van der Waals surface area contributed by atoms with Crippen LogP contribution in [0.25, 0.3) is 122 Å². The van der Waals surface area contributed by atoms with E-state index in [1.54, 1.807) is 0 Å². The van der Waals surface area contributed by atoms with E-state index >= 15 is 0 Å². The van der Waals surface area contributed by atoms with Gasteiger partial charge in [-0.2, -0.15) is 0 Å². The molecule has 0 spiro atoms. The van der Waals surface area contributed by atoms with E-state index in [1.807, 2.05) is 60.8 Å². The molecule has 0 aliphatic heterocycles. The van der Waals surface area contributed by atoms with E-state index in [0.29, 0.717) is 5.82 Å². The molecule has 0 unspecified atom stereocenters. The lowest BCUT2D eigenvalue weighted by atomic mass is 9.93. The normalized spacial score (nSPS) is 11.7. The van der Waals surface area contributed by atoms with Crippen molar-refractivity contribution in [3.05, 3.63) is 200 Å². The average Bonchev–Trinajstić information content (AvgIpc) is 3.90. The second kappa shape index (κ2) is 13.8. The molecule has 4 heterocycles. The van der Waals surface area contributed by atoms with E-state index in [0.717, 1.165) is 116 Å². The number of fused-ring (bicyclic) bond motifs is 7. The molecular weight excluding hydrogens is 735 g/mol. The highest BCUT2D eigenvalue weighted by atomic mass is 16.3. The molecule has 12 rings (SSSR count). The number of pyridine rings is 1. The topological polar surface area (TPSA) is 65.0 Å². The Labute approximate surface area is 344 Å². The largest absolute Gasteiger partial charge is 0.456 e. The van der Waals surface area contributed by atoms with E-state index in [9.17, 15) is 0 Å². The van der Waals surface area contributed by atoms with Crippen molar-refractivity contribution in [3.8, 4) is 67.3 Å². The predicted molar refractivity (Wildman–Crippen MR) is 245 cm³/mol. The van der Waals surface area contributed by atoms with Gasteiger partial charge in [0.2, 0.25) is 0 Å². The molecule has 0 atom stereocenters. The van der Waals surface area contributed by atoms with Crippen LogP contribution in [0.3, 0.4) is 0 Å². The summed E-state index contributed by atoms with van der Waals surface area (Å²) in [6.45, 7) is 0. The molecule has 5 nitrogen and oxygen atoms in total. The van der Waals surface area contributed by atoms with Crippen molar-refractivity contribution in [2.45, 2.75) is 0 Å². The molecule has 0 saturated heterocycles. The number of para-hydroxylation sites is 3. The highest BCUT2D eigenvalue weighted by molar-refractivity contribution is 6.17. The zero-order valence-electron chi connectivity index (χ0n) is 32.2. The number of rotatable bonds is 6. The highest BCUT2D eigenvalue weighted by Gasteiger charge is 2.19. The number of hydrogen-bond donors (Lipinski definition) is 0. The van der Waals surface area contributed by atoms with Gasteiger partial charge in [0.15, 0.2) is 5.82 Å². The minimum absolute atomic E-state index is 0.668. The maximum absolute atomic E-state index is 6.69. The molecule has 0 fully saturated rings. The number of nitrogens with zero attached hydrogens (tertiary/aromatic N) is 3. The van der Waals surface area contributed by atoms with Crippen molar-refractivity contribution in [2.24, 2.45) is 0 Å². The summed E-state index contributed by atoms with van der Waals surface area (Å²) in [6, 6.07) is 67.2. The quantitative estimate of drug-likeness (QED) is 0.169. The highest BCUT2D eigenvalue weighted by Crippen LogP contribution is 2.43. The van der Waals surface area contributed by atoms with Gasteiger partial charge in [-0.1, -0.05) is 146 Å². The number of hydrogen-bond acceptors (Lipinski definition) is 5. The van der Waals surface area contributed by atoms with Crippen molar-refractivity contribution in [3.63, 3.8) is 0 Å². The third-order valence-electron chi connectivity index (χ3n) is 11.6. The Balaban J connectivity index is 0.937. The van der Waals surface area contributed by atoms with Crippen molar-refractivity contribution < 1.29 is 8.83 Å². The molecule has 60 heavy (non-hydrogen) atoms. The van der Waals surface area contributed by atoms with Crippen LogP contribution < -0.4 is 0 Å². The maximum Gasteiger partial charge on any atom is 0.160 e. The number of furan rings is 2. The summed E-state index contributed by atoms with van der Waals surface area (Å²) >= 11 is 0. The standard InChI is InChI=1S/C55H33N3O2/c1-2-10-36(11-3-1)48-33-49(58-55(57-48)38-24-20-34(21-25-38)40-30-31-56-47-15-7-4-12-43(40)47)37-22-18-35(19-23-37)42-29-28-41(53-46-14-6-9-17-51(46)60-54(42)53)39-26-27-45-44-13-5-8-16-50(44)59-52(45)32-39/h1-33H. The Morgan fingerprint density at radius 2 is 0.900 bits per heavy atom. The zero-order valence-corrected chi connectivity index (χ0v) is 32.2. The molecule has 0 aliphatic rings. The average molecular weight is 768 g/mol. The fourth-order valence-electron chi connectivity index (χ4n) is 8.64. The molecule has 0 N–H and O–H groups in total. The van der Waals surface area contributed by atoms with Gasteiger partial charge in [0, 0.05) is 55.4 Å². The second-order valence-corrected chi connectivity index (χ2v) is 15.1. The first kappa shape index (κ1) is 33.9. The first-order valence-corrected chi connectivity index (χ1v) is 20.1. The molecule has 12 aromatic rings. The zero-order chi connectivity index (χ0) is 39.6. The van der Waals surface area contributed by atoms with Crippen molar-refractivity contribution in [1.82, 2.24) is 15.0 Å². The molecular formula is C55H33N3O2. The number of aromatic nitrogens is 3. The number of benzene rings is 8. The smallest absolute Gasteiger partial charge is 0.160 e. The summed E-state index contributed by atoms with van der Waals surface area (Å²) in [7, 11) is 0. The molecule has 8 aromatic carbocycles. The van der Waals surface area contributed by atoms with Crippen LogP contribution in [0.5, 0.6) is 0 Å². The van der Waals surface area contributed by atoms with E-state index in [4.69, 9.17) is 18.8 Å². The van der Waals surface area contributed by atoms with Crippen molar-refractivity contribution in [1.29, 1.82) is 0 Å². The Morgan fingerprint density at radius 3 is 1.68 bits per heavy atom. The predicted octanol–water partition coefficient (Wildman–Crippen LogP) is 14.8. The maximum atomic E-state index is 6.69. The van der Waals surface area contributed by atoms with E-state index in [2.05, 4.69) is 145 Å². The minimum atomic E-state index is 0.668. The van der Waals surface area contributed by atoms with Gasteiger partial charge in [-0.3, -0.25) is 4.98 Å². The Kier molecular flexibility index (Phi) is 7.78. The van der Waals surface area contributed by atoms with Crippen LogP contribution in [0.15, 0.2) is 209 Å². The van der Waals surface area contributed by atoms with Crippen LogP contribution in [0.4, 0.5) is 0 Å². The SMILES string of the molecule is c1ccc(-c2cc(-c3ccc(-c4ccc(-c5ccc6c(c5)oc5ccccc56)c5c4oc4ccccc45)cc3)nc(-c3ccc(-c4ccnc5ccccc45)cc3)n2)cc1. The Morgan fingerprint density at radius 1 is 0.333 bits per heavy atom. The fraction of sp³-hybridized carbons (Fsp3) is 0. The van der Waals surface area contributed by atoms with Crippen LogP contribution >= 0.6 is 0 Å². The fourth-order valence-corrected chi connectivity index (χ4v) is 8.64. The summed E-state index contributed by atoms with van der Waals surface area (Å²) in [5, 5.41) is 5.52. The van der Waals surface area contributed by atoms with Gasteiger partial charge in [0.05, 0.1) is 16.9 Å². The van der Waals surface area contributed by atoms with Gasteiger partial charge in [-0.05, 0) is 76.3 Å². The van der Waals surface area contributed by atoms with Crippen LogP contribution in [0.1, 0.15) is 0 Å². The molecule has 5 heteroatoms. The first-order valence-electron chi connectivity index (χ1n) is 20.1. The Bertz CT molecular complexity index is 3580. The molecule has 4 aromatic heterocycles. The minimum Gasteiger partial charge on any atom is -0.456 e. The van der Waals surface area contributed by atoms with Gasteiger partial charge in [-0.15, -0.1) is 0 Å². The van der Waals surface area contributed by atoms with Crippen LogP contribution in [0, 0.1) is 0 Å². The summed E-state index contributed by atoms with van der Waals surface area (Å²) in [5.74, 6) is 0.668. The Hall–Kier alpha value is -8.15. The van der Waals surface area contributed by atoms with Gasteiger partial charge in [-0.25, -0.2) is 9.97 Å². The monoisotopic (exact) mass is 767 g/mol. The lowest BCUT2D eigenvalue weighted by Crippen LogP contribution is -1.96. The second-order valence-electron chi connectivity index (χ2n) is 15.1. The van der Waals surface area contributed by atoms with Crippen LogP contribution in [0.2, 0.25) is 0 Å². The third kappa shape index (κ3) is 5.67. The van der Waals surface area contributed by atoms with E-state index in [-0.39, 0.29) is 0 Å². The van der Waals surface area contributed by atoms with Crippen molar-refractivity contribution in [2.75, 3.05) is 0 Å². The molecule has 0 amide bonds. The van der Waals surface area contributed by atoms with Crippen LogP contribution in [-0.2, 0) is 0 Å². The first-order chi connectivity index (χ1) is 29.7. The van der Waals surface area contributed by atoms with E-state index < -0.39 is 0 Å². The van der Waals surface area contributed by atoms with Gasteiger partial charge < -0.3 is 8.83 Å². The van der Waals surface area contributed by atoms with Gasteiger partial charge >= 0.3 is 0 Å². The molecule has 0 aliphatic carbocycles.